The predicted octanol–water partition coefficient (Wildman–Crippen LogP) is 4.63. The van der Waals surface area contributed by atoms with E-state index in [0.29, 0.717) is 22.4 Å². The highest BCUT2D eigenvalue weighted by molar-refractivity contribution is 8.15. The molecule has 0 radical (unpaired) electrons. The first kappa shape index (κ1) is 19.5. The number of hydrogen-bond donors (Lipinski definition) is 1. The topological polar surface area (TPSA) is 61.8 Å². The molecule has 1 saturated heterocycles. The van der Waals surface area contributed by atoms with Gasteiger partial charge in [0.1, 0.15) is 5.25 Å². The lowest BCUT2D eigenvalue weighted by Gasteiger charge is -2.30. The van der Waals surface area contributed by atoms with E-state index < -0.39 is 5.25 Å². The molecule has 1 unspecified atom stereocenters. The highest BCUT2D eigenvalue weighted by atomic mass is 35.5. The molecule has 1 heterocycles. The predicted molar refractivity (Wildman–Crippen MR) is 112 cm³/mol. The maximum atomic E-state index is 12.7. The average Bonchev–Trinajstić information content (AvgIpc) is 2.61. The first-order valence-corrected chi connectivity index (χ1v) is 9.91. The molecule has 2 amide bonds. The van der Waals surface area contributed by atoms with Crippen molar-refractivity contribution >= 4 is 51.7 Å². The summed E-state index contributed by atoms with van der Waals surface area (Å²) in [6.45, 7) is 4.35. The van der Waals surface area contributed by atoms with Crippen molar-refractivity contribution in [3.05, 3.63) is 59.1 Å². The number of carbonyl (C=O) groups excluding carboxylic acids is 2. The largest absolute Gasteiger partial charge is 0.325 e. The summed E-state index contributed by atoms with van der Waals surface area (Å²) < 4.78 is 0. The van der Waals surface area contributed by atoms with Gasteiger partial charge in [-0.15, -0.1) is 0 Å². The summed E-state index contributed by atoms with van der Waals surface area (Å²) in [6, 6.07) is 14.7. The number of rotatable bonds is 4. The number of nitrogens with one attached hydrogen (secondary N) is 1. The van der Waals surface area contributed by atoms with Crippen molar-refractivity contribution in [2.24, 2.45) is 4.99 Å². The highest BCUT2D eigenvalue weighted by Crippen LogP contribution is 2.30. The van der Waals surface area contributed by atoms with Crippen molar-refractivity contribution in [3.63, 3.8) is 0 Å². The van der Waals surface area contributed by atoms with Crippen molar-refractivity contribution in [2.45, 2.75) is 25.5 Å². The van der Waals surface area contributed by atoms with E-state index in [1.165, 1.54) is 11.8 Å². The Bertz CT molecular complexity index is 900. The summed E-state index contributed by atoms with van der Waals surface area (Å²) in [6.07, 6.45) is 0.144. The maximum absolute atomic E-state index is 12.7. The molecule has 1 aliphatic heterocycles. The zero-order chi connectivity index (χ0) is 19.4. The number of amidine groups is 1. The van der Waals surface area contributed by atoms with Gasteiger partial charge < -0.3 is 5.32 Å². The van der Waals surface area contributed by atoms with E-state index in [1.54, 1.807) is 23.1 Å². The van der Waals surface area contributed by atoms with Crippen LogP contribution in [0.4, 0.5) is 11.4 Å². The molecular formula is C20H20ClN3O2S. The van der Waals surface area contributed by atoms with Crippen LogP contribution in [0.5, 0.6) is 0 Å². The van der Waals surface area contributed by atoms with Gasteiger partial charge in [0, 0.05) is 23.7 Å². The van der Waals surface area contributed by atoms with Gasteiger partial charge in [0.05, 0.1) is 5.69 Å². The quantitative estimate of drug-likeness (QED) is 0.812. The van der Waals surface area contributed by atoms with Gasteiger partial charge in [0.2, 0.25) is 11.8 Å². The van der Waals surface area contributed by atoms with Crippen LogP contribution >= 0.6 is 23.4 Å². The van der Waals surface area contributed by atoms with Crippen molar-refractivity contribution in [3.8, 4) is 0 Å². The minimum Gasteiger partial charge on any atom is -0.325 e. The smallest absolute Gasteiger partial charge is 0.238 e. The van der Waals surface area contributed by atoms with Gasteiger partial charge in [-0.05, 0) is 49.7 Å². The number of amides is 2. The Hall–Kier alpha value is -2.31. The van der Waals surface area contributed by atoms with Crippen LogP contribution in [-0.4, -0.2) is 33.7 Å². The van der Waals surface area contributed by atoms with E-state index >= 15 is 0 Å². The molecule has 3 rings (SSSR count). The molecule has 1 aliphatic rings. The first-order chi connectivity index (χ1) is 13.0. The standard InChI is InChI=1S/C20H20ClN3O2S/c1-3-24-18(25)12-17(19(26)22-15-8-4-6-13(2)10-15)27-20(24)23-16-9-5-7-14(21)11-16/h4-11,17H,3,12H2,1-2H3,(H,22,26). The fraction of sp³-hybridized carbons (Fsp3) is 0.250. The van der Waals surface area contributed by atoms with Crippen molar-refractivity contribution < 1.29 is 9.59 Å². The Labute approximate surface area is 167 Å². The third-order valence-electron chi connectivity index (χ3n) is 4.07. The molecule has 1 atom stereocenters. The van der Waals surface area contributed by atoms with Crippen LogP contribution in [0.2, 0.25) is 5.02 Å². The van der Waals surface area contributed by atoms with E-state index in [2.05, 4.69) is 10.3 Å². The number of aryl methyl sites for hydroxylation is 1. The van der Waals surface area contributed by atoms with E-state index in [0.717, 1.165) is 11.3 Å². The molecular weight excluding hydrogens is 382 g/mol. The fourth-order valence-electron chi connectivity index (χ4n) is 2.75. The van der Waals surface area contributed by atoms with Crippen molar-refractivity contribution in [1.29, 1.82) is 0 Å². The molecule has 0 aromatic heterocycles. The molecule has 2 aromatic carbocycles. The minimum atomic E-state index is -0.529. The van der Waals surface area contributed by atoms with Gasteiger partial charge >= 0.3 is 0 Å². The molecule has 1 N–H and O–H groups in total. The summed E-state index contributed by atoms with van der Waals surface area (Å²) in [5.41, 5.74) is 2.43. The Balaban J connectivity index is 1.81. The average molecular weight is 402 g/mol. The molecule has 5 nitrogen and oxygen atoms in total. The van der Waals surface area contributed by atoms with Gasteiger partial charge in [-0.1, -0.05) is 41.6 Å². The number of carbonyl (C=O) groups is 2. The molecule has 140 valence electrons. The molecule has 0 saturated carbocycles. The van der Waals surface area contributed by atoms with Crippen LogP contribution in [0, 0.1) is 6.92 Å². The number of thioether (sulfide) groups is 1. The number of halogens is 1. The third-order valence-corrected chi connectivity index (χ3v) is 5.49. The van der Waals surface area contributed by atoms with Crippen LogP contribution in [0.15, 0.2) is 53.5 Å². The molecule has 0 spiro atoms. The van der Waals surface area contributed by atoms with E-state index in [4.69, 9.17) is 11.6 Å². The molecule has 27 heavy (non-hydrogen) atoms. The highest BCUT2D eigenvalue weighted by Gasteiger charge is 2.35. The van der Waals surface area contributed by atoms with E-state index in [1.807, 2.05) is 44.2 Å². The first-order valence-electron chi connectivity index (χ1n) is 8.65. The minimum absolute atomic E-state index is 0.110. The Morgan fingerprint density at radius 3 is 2.78 bits per heavy atom. The third kappa shape index (κ3) is 4.90. The van der Waals surface area contributed by atoms with Crippen LogP contribution in [0.25, 0.3) is 0 Å². The molecule has 0 bridgehead atoms. The zero-order valence-electron chi connectivity index (χ0n) is 15.1. The van der Waals surface area contributed by atoms with Gasteiger partial charge in [-0.3, -0.25) is 14.5 Å². The van der Waals surface area contributed by atoms with Crippen LogP contribution in [0.3, 0.4) is 0 Å². The lowest BCUT2D eigenvalue weighted by atomic mass is 10.2. The summed E-state index contributed by atoms with van der Waals surface area (Å²) in [7, 11) is 0. The summed E-state index contributed by atoms with van der Waals surface area (Å²) in [5, 5.41) is 3.45. The second-order valence-corrected chi connectivity index (χ2v) is 7.79. The van der Waals surface area contributed by atoms with Crippen LogP contribution in [0.1, 0.15) is 18.9 Å². The van der Waals surface area contributed by atoms with Gasteiger partial charge in [0.15, 0.2) is 5.17 Å². The number of nitrogens with zero attached hydrogens (tertiary/aromatic N) is 2. The van der Waals surface area contributed by atoms with Gasteiger partial charge in [-0.2, -0.15) is 0 Å². The Morgan fingerprint density at radius 2 is 2.07 bits per heavy atom. The summed E-state index contributed by atoms with van der Waals surface area (Å²) in [4.78, 5) is 31.4. The maximum Gasteiger partial charge on any atom is 0.238 e. The Kier molecular flexibility index (Phi) is 6.19. The van der Waals surface area contributed by atoms with Crippen LogP contribution < -0.4 is 5.32 Å². The number of hydrogen-bond acceptors (Lipinski definition) is 4. The van der Waals surface area contributed by atoms with E-state index in [-0.39, 0.29) is 18.2 Å². The normalized spacial score (nSPS) is 18.6. The molecule has 2 aromatic rings. The molecule has 1 fully saturated rings. The fourth-order valence-corrected chi connectivity index (χ4v) is 4.10. The zero-order valence-corrected chi connectivity index (χ0v) is 16.7. The van der Waals surface area contributed by atoms with Gasteiger partial charge in [-0.25, -0.2) is 4.99 Å². The van der Waals surface area contributed by atoms with E-state index in [9.17, 15) is 9.59 Å². The SMILES string of the molecule is CCN1C(=O)CC(C(=O)Nc2cccc(C)c2)SC1=Nc1cccc(Cl)c1. The van der Waals surface area contributed by atoms with Gasteiger partial charge in [0.25, 0.3) is 0 Å². The molecule has 7 heteroatoms. The lowest BCUT2D eigenvalue weighted by Crippen LogP contribution is -2.45. The van der Waals surface area contributed by atoms with Crippen molar-refractivity contribution in [1.82, 2.24) is 4.90 Å². The summed E-state index contributed by atoms with van der Waals surface area (Å²) >= 11 is 7.32. The summed E-state index contributed by atoms with van der Waals surface area (Å²) in [5.74, 6) is -0.310. The Morgan fingerprint density at radius 1 is 1.30 bits per heavy atom. The van der Waals surface area contributed by atoms with Crippen molar-refractivity contribution in [2.75, 3.05) is 11.9 Å². The second kappa shape index (κ2) is 8.59. The number of aliphatic imine (C=N–C) groups is 1. The second-order valence-electron chi connectivity index (χ2n) is 6.18. The van der Waals surface area contributed by atoms with Crippen LogP contribution in [-0.2, 0) is 9.59 Å². The molecule has 0 aliphatic carbocycles. The number of benzene rings is 2. The monoisotopic (exact) mass is 401 g/mol. The lowest BCUT2D eigenvalue weighted by molar-refractivity contribution is -0.129. The number of anilines is 1.